The van der Waals surface area contributed by atoms with Crippen molar-refractivity contribution in [2.24, 2.45) is 17.8 Å². The van der Waals surface area contributed by atoms with Crippen molar-refractivity contribution in [3.8, 4) is 0 Å². The van der Waals surface area contributed by atoms with Gasteiger partial charge in [0, 0.05) is 13.2 Å². The molecule has 0 amide bonds. The molecule has 3 aliphatic rings. The molecule has 1 heterocycles. The number of fused-ring (bicyclic) bond motifs is 2. The zero-order valence-corrected chi connectivity index (χ0v) is 11.1. The number of ether oxygens (including phenoxy) is 2. The van der Waals surface area contributed by atoms with E-state index in [1.165, 1.54) is 25.7 Å². The van der Waals surface area contributed by atoms with E-state index in [-0.39, 0.29) is 0 Å². The van der Waals surface area contributed by atoms with Gasteiger partial charge in [-0.2, -0.15) is 0 Å². The summed E-state index contributed by atoms with van der Waals surface area (Å²) >= 11 is 0. The molecule has 0 radical (unpaired) electrons. The second kappa shape index (κ2) is 6.18. The lowest BCUT2D eigenvalue weighted by Gasteiger charge is -2.18. The fourth-order valence-corrected chi connectivity index (χ4v) is 3.55. The van der Waals surface area contributed by atoms with Crippen molar-refractivity contribution in [2.75, 3.05) is 32.9 Å². The maximum atomic E-state index is 5.64. The predicted molar refractivity (Wildman–Crippen MR) is 71.5 cm³/mol. The standard InChI is InChI=1S/C15H25NO2/c1-2-15(18-6-1)11-17-7-5-16-10-14-9-12-3-4-13(14)8-12/h3-4,12-16H,1-2,5-11H2. The maximum absolute atomic E-state index is 5.64. The highest BCUT2D eigenvalue weighted by atomic mass is 16.5. The summed E-state index contributed by atoms with van der Waals surface area (Å²) in [6.07, 6.45) is 10.4. The lowest BCUT2D eigenvalue weighted by atomic mass is 9.94. The molecule has 0 aromatic rings. The smallest absolute Gasteiger partial charge is 0.0809 e. The Morgan fingerprint density at radius 3 is 3.00 bits per heavy atom. The van der Waals surface area contributed by atoms with Crippen LogP contribution in [-0.2, 0) is 9.47 Å². The van der Waals surface area contributed by atoms with E-state index in [1.54, 1.807) is 0 Å². The van der Waals surface area contributed by atoms with Crippen LogP contribution >= 0.6 is 0 Å². The van der Waals surface area contributed by atoms with Crippen molar-refractivity contribution in [2.45, 2.75) is 31.8 Å². The molecule has 2 aliphatic carbocycles. The van der Waals surface area contributed by atoms with Crippen LogP contribution in [0.2, 0.25) is 0 Å². The van der Waals surface area contributed by atoms with E-state index in [0.29, 0.717) is 6.10 Å². The molecule has 3 heteroatoms. The highest BCUT2D eigenvalue weighted by Gasteiger charge is 2.34. The third kappa shape index (κ3) is 3.14. The molecular formula is C15H25NO2. The van der Waals surface area contributed by atoms with Crippen molar-refractivity contribution in [1.29, 1.82) is 0 Å². The molecule has 102 valence electrons. The molecule has 0 aromatic heterocycles. The first kappa shape index (κ1) is 12.6. The summed E-state index contributed by atoms with van der Waals surface area (Å²) in [6, 6.07) is 0. The topological polar surface area (TPSA) is 30.5 Å². The Morgan fingerprint density at radius 1 is 1.28 bits per heavy atom. The zero-order valence-electron chi connectivity index (χ0n) is 11.1. The van der Waals surface area contributed by atoms with E-state index < -0.39 is 0 Å². The van der Waals surface area contributed by atoms with E-state index in [9.17, 15) is 0 Å². The summed E-state index contributed by atoms with van der Waals surface area (Å²) in [5.41, 5.74) is 0. The second-order valence-electron chi connectivity index (χ2n) is 5.95. The Labute approximate surface area is 110 Å². The minimum atomic E-state index is 0.362. The average Bonchev–Trinajstić information content (AvgIpc) is 3.10. The van der Waals surface area contributed by atoms with Gasteiger partial charge in [-0.3, -0.25) is 0 Å². The Hall–Kier alpha value is -0.380. The Balaban J connectivity index is 1.20. The van der Waals surface area contributed by atoms with Gasteiger partial charge >= 0.3 is 0 Å². The first-order valence-electron chi connectivity index (χ1n) is 7.50. The fourth-order valence-electron chi connectivity index (χ4n) is 3.55. The van der Waals surface area contributed by atoms with Gasteiger partial charge in [0.1, 0.15) is 0 Å². The molecule has 3 rings (SSSR count). The Morgan fingerprint density at radius 2 is 2.28 bits per heavy atom. The quantitative estimate of drug-likeness (QED) is 0.554. The van der Waals surface area contributed by atoms with Crippen LogP contribution in [0.5, 0.6) is 0 Å². The number of hydrogen-bond acceptors (Lipinski definition) is 3. The highest BCUT2D eigenvalue weighted by molar-refractivity contribution is 5.10. The van der Waals surface area contributed by atoms with Crippen LogP contribution in [0.3, 0.4) is 0 Å². The van der Waals surface area contributed by atoms with Crippen LogP contribution in [-0.4, -0.2) is 39.0 Å². The largest absolute Gasteiger partial charge is 0.377 e. The first-order valence-corrected chi connectivity index (χ1v) is 7.50. The van der Waals surface area contributed by atoms with Gasteiger partial charge in [0.25, 0.3) is 0 Å². The zero-order chi connectivity index (χ0) is 12.2. The maximum Gasteiger partial charge on any atom is 0.0809 e. The molecule has 0 spiro atoms. The molecule has 18 heavy (non-hydrogen) atoms. The summed E-state index contributed by atoms with van der Waals surface area (Å²) < 4.78 is 11.2. The van der Waals surface area contributed by atoms with Gasteiger partial charge in [-0.05, 0) is 50.0 Å². The number of rotatable bonds is 7. The minimum Gasteiger partial charge on any atom is -0.377 e. The monoisotopic (exact) mass is 251 g/mol. The lowest BCUT2D eigenvalue weighted by molar-refractivity contribution is 0.0181. The van der Waals surface area contributed by atoms with Crippen LogP contribution < -0.4 is 5.32 Å². The molecule has 0 aromatic carbocycles. The van der Waals surface area contributed by atoms with Crippen molar-refractivity contribution in [3.63, 3.8) is 0 Å². The van der Waals surface area contributed by atoms with Gasteiger partial charge < -0.3 is 14.8 Å². The van der Waals surface area contributed by atoms with Crippen molar-refractivity contribution < 1.29 is 9.47 Å². The highest BCUT2D eigenvalue weighted by Crippen LogP contribution is 2.42. The van der Waals surface area contributed by atoms with Crippen LogP contribution in [0.1, 0.15) is 25.7 Å². The third-order valence-electron chi connectivity index (χ3n) is 4.57. The molecule has 1 N–H and O–H groups in total. The molecule has 4 unspecified atom stereocenters. The Kier molecular flexibility index (Phi) is 4.34. The molecule has 4 atom stereocenters. The third-order valence-corrected chi connectivity index (χ3v) is 4.57. The van der Waals surface area contributed by atoms with E-state index >= 15 is 0 Å². The first-order chi connectivity index (χ1) is 8.92. The molecule has 1 saturated heterocycles. The summed E-state index contributed by atoms with van der Waals surface area (Å²) in [4.78, 5) is 0. The van der Waals surface area contributed by atoms with Gasteiger partial charge in [0.15, 0.2) is 0 Å². The number of hydrogen-bond donors (Lipinski definition) is 1. The van der Waals surface area contributed by atoms with Crippen LogP contribution in [0, 0.1) is 17.8 Å². The molecule has 1 saturated carbocycles. The van der Waals surface area contributed by atoms with E-state index in [4.69, 9.17) is 9.47 Å². The SMILES string of the molecule is C1=CC2CC1CC2CNCCOCC1CCCO1. The van der Waals surface area contributed by atoms with Gasteiger partial charge in [0.05, 0.1) is 19.3 Å². The van der Waals surface area contributed by atoms with Crippen LogP contribution in [0.4, 0.5) is 0 Å². The van der Waals surface area contributed by atoms with Gasteiger partial charge in [0.2, 0.25) is 0 Å². The predicted octanol–water partition coefficient (Wildman–Crippen LogP) is 1.98. The molecule has 2 fully saturated rings. The van der Waals surface area contributed by atoms with Crippen LogP contribution in [0.25, 0.3) is 0 Å². The minimum absolute atomic E-state index is 0.362. The number of nitrogens with one attached hydrogen (secondary N) is 1. The Bertz CT molecular complexity index is 286. The average molecular weight is 251 g/mol. The summed E-state index contributed by atoms with van der Waals surface area (Å²) in [6.45, 7) is 4.65. The molecule has 1 aliphatic heterocycles. The molecular weight excluding hydrogens is 226 g/mol. The van der Waals surface area contributed by atoms with Crippen LogP contribution in [0.15, 0.2) is 12.2 Å². The molecule has 2 bridgehead atoms. The van der Waals surface area contributed by atoms with Gasteiger partial charge in [-0.1, -0.05) is 12.2 Å². The number of allylic oxidation sites excluding steroid dienone is 2. The van der Waals surface area contributed by atoms with Crippen molar-refractivity contribution in [3.05, 3.63) is 12.2 Å². The van der Waals surface area contributed by atoms with E-state index in [0.717, 1.165) is 50.7 Å². The van der Waals surface area contributed by atoms with Crippen molar-refractivity contribution >= 4 is 0 Å². The molecule has 3 nitrogen and oxygen atoms in total. The lowest BCUT2D eigenvalue weighted by Crippen LogP contribution is -2.29. The fraction of sp³-hybridized carbons (Fsp3) is 0.867. The van der Waals surface area contributed by atoms with Gasteiger partial charge in [-0.25, -0.2) is 0 Å². The summed E-state index contributed by atoms with van der Waals surface area (Å²) in [7, 11) is 0. The van der Waals surface area contributed by atoms with E-state index in [1.807, 2.05) is 0 Å². The normalized spacial score (nSPS) is 37.8. The van der Waals surface area contributed by atoms with Crippen molar-refractivity contribution in [1.82, 2.24) is 5.32 Å². The van der Waals surface area contributed by atoms with Gasteiger partial charge in [-0.15, -0.1) is 0 Å². The van der Waals surface area contributed by atoms with E-state index in [2.05, 4.69) is 17.5 Å². The second-order valence-corrected chi connectivity index (χ2v) is 5.95. The summed E-state index contributed by atoms with van der Waals surface area (Å²) in [5.74, 6) is 2.62. The summed E-state index contributed by atoms with van der Waals surface area (Å²) in [5, 5.41) is 3.54.